The largest absolute Gasteiger partial charge is 0.396 e. The van der Waals surface area contributed by atoms with E-state index in [1.807, 2.05) is 0 Å². The average molecular weight is 283 g/mol. The molecule has 0 bridgehead atoms. The number of aliphatic hydroxyl groups excluding tert-OH is 3. The predicted octanol–water partition coefficient (Wildman–Crippen LogP) is -0.847. The molecule has 0 heterocycles. The van der Waals surface area contributed by atoms with Crippen LogP contribution in [0, 0.1) is 0 Å². The van der Waals surface area contributed by atoms with Crippen molar-refractivity contribution in [2.45, 2.75) is 19.1 Å². The van der Waals surface area contributed by atoms with Gasteiger partial charge in [-0.2, -0.15) is 0 Å². The second kappa shape index (κ2) is 9.47. The van der Waals surface area contributed by atoms with Crippen LogP contribution in [0.2, 0.25) is 0 Å². The zero-order valence-electron chi connectivity index (χ0n) is 10.5. The van der Waals surface area contributed by atoms with Crippen LogP contribution in [-0.4, -0.2) is 66.5 Å². The van der Waals surface area contributed by atoms with Crippen LogP contribution in [0.25, 0.3) is 0 Å². The van der Waals surface area contributed by atoms with Crippen molar-refractivity contribution < 1.29 is 29.4 Å². The van der Waals surface area contributed by atoms with E-state index in [4.69, 9.17) is 15.3 Å². The highest BCUT2D eigenvalue weighted by atomic mass is 31.2. The van der Waals surface area contributed by atoms with Crippen LogP contribution in [-0.2, 0) is 14.1 Å². The number of aliphatic hydroxyl groups is 3. The zero-order chi connectivity index (χ0) is 14.0. The van der Waals surface area contributed by atoms with E-state index in [9.17, 15) is 9.36 Å². The molecule has 108 valence electrons. The summed E-state index contributed by atoms with van der Waals surface area (Å²) in [5.74, 6) is -0.345. The molecular formula is C10H22NO6P. The lowest BCUT2D eigenvalue weighted by atomic mass is 10.3. The van der Waals surface area contributed by atoms with Crippen molar-refractivity contribution >= 4 is 13.0 Å². The van der Waals surface area contributed by atoms with Crippen molar-refractivity contribution in [3.63, 3.8) is 0 Å². The molecule has 0 aromatic carbocycles. The Labute approximate surface area is 107 Å². The van der Waals surface area contributed by atoms with Crippen molar-refractivity contribution in [3.05, 3.63) is 0 Å². The van der Waals surface area contributed by atoms with Gasteiger partial charge in [-0.15, -0.1) is 0 Å². The van der Waals surface area contributed by atoms with Crippen LogP contribution in [0.15, 0.2) is 0 Å². The van der Waals surface area contributed by atoms with Gasteiger partial charge in [-0.1, -0.05) is 0 Å². The molecule has 0 aliphatic rings. The molecule has 18 heavy (non-hydrogen) atoms. The third kappa shape index (κ3) is 7.79. The van der Waals surface area contributed by atoms with Crippen molar-refractivity contribution in [2.24, 2.45) is 0 Å². The summed E-state index contributed by atoms with van der Waals surface area (Å²) in [7, 11) is -1.42. The molecule has 0 aliphatic heterocycles. The Morgan fingerprint density at radius 2 is 1.89 bits per heavy atom. The quantitative estimate of drug-likeness (QED) is 0.307. The number of methoxy groups -OCH3 is 1. The maximum absolute atomic E-state index is 12.1. The third-order valence-electron chi connectivity index (χ3n) is 2.47. The summed E-state index contributed by atoms with van der Waals surface area (Å²) < 4.78 is 16.7. The standard InChI is InChI=1S/C10H22NO6P/c1-17-10(15)3-2-9(14)11-8-18(16,6-4-12)7-5-13/h10,12-13,15H,2-8H2,1H3,(H,11,14). The van der Waals surface area contributed by atoms with Crippen molar-refractivity contribution in [2.75, 3.05) is 38.9 Å². The summed E-state index contributed by atoms with van der Waals surface area (Å²) in [5.41, 5.74) is 0. The van der Waals surface area contributed by atoms with Crippen LogP contribution in [0.3, 0.4) is 0 Å². The minimum atomic E-state index is -2.75. The first-order chi connectivity index (χ1) is 8.47. The van der Waals surface area contributed by atoms with E-state index in [1.165, 1.54) is 7.11 Å². The molecule has 0 fully saturated rings. The number of amides is 1. The minimum Gasteiger partial charge on any atom is -0.396 e. The highest BCUT2D eigenvalue weighted by molar-refractivity contribution is 7.63. The van der Waals surface area contributed by atoms with Gasteiger partial charge in [0.1, 0.15) is 7.14 Å². The number of nitrogens with one attached hydrogen (secondary N) is 1. The molecule has 0 aromatic rings. The number of carbonyl (C=O) groups is 1. The number of hydrogen-bond donors (Lipinski definition) is 4. The Kier molecular flexibility index (Phi) is 9.23. The number of ether oxygens (including phenoxy) is 1. The van der Waals surface area contributed by atoms with Crippen LogP contribution < -0.4 is 5.32 Å². The molecule has 1 unspecified atom stereocenters. The van der Waals surface area contributed by atoms with Gasteiger partial charge >= 0.3 is 0 Å². The first-order valence-corrected chi connectivity index (χ1v) is 8.00. The Balaban J connectivity index is 4.03. The average Bonchev–Trinajstić information content (AvgIpc) is 2.34. The number of carbonyl (C=O) groups excluding carboxylic acids is 1. The maximum Gasteiger partial charge on any atom is 0.220 e. The summed E-state index contributed by atoms with van der Waals surface area (Å²) in [6.07, 6.45) is -0.656. The molecule has 8 heteroatoms. The summed E-state index contributed by atoms with van der Waals surface area (Å²) in [6, 6.07) is 0. The zero-order valence-corrected chi connectivity index (χ0v) is 11.4. The lowest BCUT2D eigenvalue weighted by Gasteiger charge is -2.17. The second-order valence-corrected chi connectivity index (χ2v) is 7.27. The molecule has 0 aromatic heterocycles. The first kappa shape index (κ1) is 17.5. The van der Waals surface area contributed by atoms with E-state index < -0.39 is 13.4 Å². The van der Waals surface area contributed by atoms with Gasteiger partial charge in [0, 0.05) is 45.5 Å². The molecule has 0 rings (SSSR count). The molecule has 7 nitrogen and oxygen atoms in total. The van der Waals surface area contributed by atoms with Gasteiger partial charge in [0.25, 0.3) is 0 Å². The van der Waals surface area contributed by atoms with Gasteiger partial charge in [0.05, 0.1) is 6.29 Å². The van der Waals surface area contributed by atoms with E-state index in [1.54, 1.807) is 0 Å². The van der Waals surface area contributed by atoms with Crippen LogP contribution >= 0.6 is 7.14 Å². The smallest absolute Gasteiger partial charge is 0.220 e. The fourth-order valence-corrected chi connectivity index (χ4v) is 3.06. The van der Waals surface area contributed by atoms with Crippen molar-refractivity contribution in [1.29, 1.82) is 0 Å². The lowest BCUT2D eigenvalue weighted by molar-refractivity contribution is -0.124. The maximum atomic E-state index is 12.1. The molecule has 0 saturated carbocycles. The van der Waals surface area contributed by atoms with Gasteiger partial charge in [0.2, 0.25) is 5.91 Å². The monoisotopic (exact) mass is 283 g/mol. The van der Waals surface area contributed by atoms with Crippen LogP contribution in [0.1, 0.15) is 12.8 Å². The van der Waals surface area contributed by atoms with E-state index in [-0.39, 0.29) is 50.6 Å². The summed E-state index contributed by atoms with van der Waals surface area (Å²) in [5, 5.41) is 29.1. The first-order valence-electron chi connectivity index (χ1n) is 5.74. The fourth-order valence-electron chi connectivity index (χ4n) is 1.33. The van der Waals surface area contributed by atoms with Gasteiger partial charge in [-0.3, -0.25) is 4.79 Å². The van der Waals surface area contributed by atoms with E-state index in [2.05, 4.69) is 10.1 Å². The van der Waals surface area contributed by atoms with E-state index in [0.717, 1.165) is 0 Å². The van der Waals surface area contributed by atoms with Gasteiger partial charge in [-0.25, -0.2) is 0 Å². The molecule has 0 saturated heterocycles. The van der Waals surface area contributed by atoms with Crippen LogP contribution in [0.5, 0.6) is 0 Å². The Morgan fingerprint density at radius 1 is 1.33 bits per heavy atom. The molecule has 0 spiro atoms. The topological polar surface area (TPSA) is 116 Å². The molecule has 1 amide bonds. The van der Waals surface area contributed by atoms with Gasteiger partial charge in [-0.05, 0) is 0 Å². The SMILES string of the molecule is COC(O)CCC(=O)NCP(=O)(CCO)CCO. The number of hydrogen-bond acceptors (Lipinski definition) is 6. The molecule has 0 aliphatic carbocycles. The predicted molar refractivity (Wildman–Crippen MR) is 66.8 cm³/mol. The third-order valence-corrected chi connectivity index (χ3v) is 5.23. The Bertz CT molecular complexity index is 276. The highest BCUT2D eigenvalue weighted by Gasteiger charge is 2.21. The van der Waals surface area contributed by atoms with Gasteiger partial charge < -0.3 is 29.9 Å². The Morgan fingerprint density at radius 3 is 2.33 bits per heavy atom. The summed E-state index contributed by atoms with van der Waals surface area (Å²) in [6.45, 7) is -0.481. The summed E-state index contributed by atoms with van der Waals surface area (Å²) in [4.78, 5) is 11.4. The van der Waals surface area contributed by atoms with Crippen molar-refractivity contribution in [3.8, 4) is 0 Å². The van der Waals surface area contributed by atoms with Crippen molar-refractivity contribution in [1.82, 2.24) is 5.32 Å². The molecule has 1 atom stereocenters. The highest BCUT2D eigenvalue weighted by Crippen LogP contribution is 2.43. The minimum absolute atomic E-state index is 0.0456. The van der Waals surface area contributed by atoms with E-state index >= 15 is 0 Å². The lowest BCUT2D eigenvalue weighted by Crippen LogP contribution is -2.27. The molecule has 0 radical (unpaired) electrons. The summed E-state index contributed by atoms with van der Waals surface area (Å²) >= 11 is 0. The normalized spacial score (nSPS) is 13.3. The van der Waals surface area contributed by atoms with E-state index in [0.29, 0.717) is 0 Å². The Hall–Kier alpha value is -0.460. The fraction of sp³-hybridized carbons (Fsp3) is 0.900. The second-order valence-electron chi connectivity index (χ2n) is 3.94. The van der Waals surface area contributed by atoms with Gasteiger partial charge in [0.15, 0.2) is 6.29 Å². The van der Waals surface area contributed by atoms with Crippen LogP contribution in [0.4, 0.5) is 0 Å². The molecular weight excluding hydrogens is 261 g/mol. The number of rotatable bonds is 10. The molecule has 4 N–H and O–H groups in total.